The summed E-state index contributed by atoms with van der Waals surface area (Å²) in [7, 11) is 1.64. The van der Waals surface area contributed by atoms with Crippen LogP contribution in [0.2, 0.25) is 0 Å². The minimum atomic E-state index is 0.524. The Morgan fingerprint density at radius 3 is 2.12 bits per heavy atom. The minimum Gasteiger partial charge on any atom is -0.497 e. The van der Waals surface area contributed by atoms with Crippen LogP contribution in [0, 0.1) is 0 Å². The van der Waals surface area contributed by atoms with Crippen LogP contribution in [-0.4, -0.2) is 26.9 Å². The number of hydrogen-bond donors (Lipinski definition) is 0. The summed E-state index contributed by atoms with van der Waals surface area (Å²) in [5.74, 6) is 3.54. The van der Waals surface area contributed by atoms with Crippen LogP contribution in [-0.2, 0) is 0 Å². The van der Waals surface area contributed by atoms with Crippen molar-refractivity contribution in [2.24, 2.45) is 0 Å². The van der Waals surface area contributed by atoms with Crippen molar-refractivity contribution < 1.29 is 23.4 Å². The molecule has 0 saturated heterocycles. The van der Waals surface area contributed by atoms with Gasteiger partial charge in [0.1, 0.15) is 28.2 Å². The summed E-state index contributed by atoms with van der Waals surface area (Å²) in [5, 5.41) is 0.822. The second-order valence-electron chi connectivity index (χ2n) is 5.58. The Kier molecular flexibility index (Phi) is 5.56. The van der Waals surface area contributed by atoms with E-state index in [9.17, 15) is 0 Å². The van der Waals surface area contributed by atoms with Crippen LogP contribution in [0.15, 0.2) is 40.8 Å². The summed E-state index contributed by atoms with van der Waals surface area (Å²) in [6.45, 7) is 7.48. The maximum atomic E-state index is 6.16. The lowest BCUT2D eigenvalue weighted by atomic mass is 10.1. The van der Waals surface area contributed by atoms with Crippen molar-refractivity contribution >= 4 is 11.0 Å². The van der Waals surface area contributed by atoms with E-state index in [2.05, 4.69) is 0 Å². The van der Waals surface area contributed by atoms with E-state index >= 15 is 0 Å². The van der Waals surface area contributed by atoms with Gasteiger partial charge in [-0.3, -0.25) is 0 Å². The highest BCUT2D eigenvalue weighted by atomic mass is 16.5. The predicted octanol–water partition coefficient (Wildman–Crippen LogP) is 5.30. The molecule has 3 rings (SSSR count). The predicted molar refractivity (Wildman–Crippen MR) is 102 cm³/mol. The molecule has 0 atom stereocenters. The van der Waals surface area contributed by atoms with E-state index in [4.69, 9.17) is 23.4 Å². The molecule has 0 radical (unpaired) electrons. The van der Waals surface area contributed by atoms with Crippen molar-refractivity contribution in [3.8, 4) is 34.3 Å². The van der Waals surface area contributed by atoms with Crippen LogP contribution < -0.4 is 18.9 Å². The van der Waals surface area contributed by atoms with Crippen LogP contribution in [0.1, 0.15) is 20.8 Å². The van der Waals surface area contributed by atoms with Crippen LogP contribution >= 0.6 is 0 Å². The molecule has 2 aromatic carbocycles. The van der Waals surface area contributed by atoms with Gasteiger partial charge in [-0.2, -0.15) is 0 Å². The first-order chi connectivity index (χ1) is 12.7. The van der Waals surface area contributed by atoms with Gasteiger partial charge in [-0.25, -0.2) is 0 Å². The van der Waals surface area contributed by atoms with Gasteiger partial charge in [-0.1, -0.05) is 0 Å². The highest BCUT2D eigenvalue weighted by Crippen LogP contribution is 2.46. The molecule has 0 fully saturated rings. The third kappa shape index (κ3) is 3.43. The maximum absolute atomic E-state index is 6.16. The van der Waals surface area contributed by atoms with Crippen LogP contribution in [0.3, 0.4) is 0 Å². The molecule has 138 valence electrons. The first kappa shape index (κ1) is 18.0. The van der Waals surface area contributed by atoms with E-state index in [1.807, 2.05) is 57.2 Å². The van der Waals surface area contributed by atoms with Gasteiger partial charge in [0.2, 0.25) is 0 Å². The quantitative estimate of drug-likeness (QED) is 0.548. The number of methoxy groups -OCH3 is 1. The zero-order chi connectivity index (χ0) is 18.5. The summed E-state index contributed by atoms with van der Waals surface area (Å²) in [4.78, 5) is 0. The monoisotopic (exact) mass is 356 g/mol. The lowest BCUT2D eigenvalue weighted by Crippen LogP contribution is -1.97. The molecule has 3 aromatic rings. The molecule has 5 nitrogen and oxygen atoms in total. The molecule has 0 bridgehead atoms. The van der Waals surface area contributed by atoms with Crippen molar-refractivity contribution in [2.75, 3.05) is 26.9 Å². The Morgan fingerprint density at radius 1 is 0.808 bits per heavy atom. The molecule has 1 aromatic heterocycles. The molecular formula is C21H24O5. The lowest BCUT2D eigenvalue weighted by molar-refractivity contribution is 0.322. The molecule has 0 amide bonds. The summed E-state index contributed by atoms with van der Waals surface area (Å²) < 4.78 is 28.8. The molecular weight excluding hydrogens is 332 g/mol. The average Bonchev–Trinajstić information content (AvgIpc) is 3.01. The molecule has 0 spiro atoms. The molecule has 26 heavy (non-hydrogen) atoms. The average molecular weight is 356 g/mol. The van der Waals surface area contributed by atoms with Crippen molar-refractivity contribution in [2.45, 2.75) is 20.8 Å². The number of furan rings is 1. The van der Waals surface area contributed by atoms with Gasteiger partial charge in [0.05, 0.1) is 26.9 Å². The standard InChI is InChI=1S/C21H24O5/c1-5-23-16-12-17(24-6-2)19-18(13-16)26-20(21(19)25-7-3)14-8-10-15(22-4)11-9-14/h8-13H,5-7H2,1-4H3. The van der Waals surface area contributed by atoms with E-state index in [1.54, 1.807) is 7.11 Å². The summed E-state index contributed by atoms with van der Waals surface area (Å²) in [6.07, 6.45) is 0. The summed E-state index contributed by atoms with van der Waals surface area (Å²) in [6, 6.07) is 11.4. The Hall–Kier alpha value is -2.82. The first-order valence-corrected chi connectivity index (χ1v) is 8.85. The van der Waals surface area contributed by atoms with Crippen LogP contribution in [0.4, 0.5) is 0 Å². The van der Waals surface area contributed by atoms with Gasteiger partial charge in [-0.05, 0) is 45.0 Å². The highest BCUT2D eigenvalue weighted by Gasteiger charge is 2.22. The fourth-order valence-electron chi connectivity index (χ4n) is 2.87. The van der Waals surface area contributed by atoms with Crippen molar-refractivity contribution in [1.29, 1.82) is 0 Å². The van der Waals surface area contributed by atoms with E-state index in [0.717, 1.165) is 16.7 Å². The summed E-state index contributed by atoms with van der Waals surface area (Å²) in [5.41, 5.74) is 1.58. The van der Waals surface area contributed by atoms with Crippen molar-refractivity contribution in [3.63, 3.8) is 0 Å². The fourth-order valence-corrected chi connectivity index (χ4v) is 2.87. The fraction of sp³-hybridized carbons (Fsp3) is 0.333. The number of fused-ring (bicyclic) bond motifs is 1. The maximum Gasteiger partial charge on any atom is 0.177 e. The van der Waals surface area contributed by atoms with E-state index in [-0.39, 0.29) is 0 Å². The van der Waals surface area contributed by atoms with Gasteiger partial charge < -0.3 is 23.4 Å². The minimum absolute atomic E-state index is 0.524. The Morgan fingerprint density at radius 2 is 1.50 bits per heavy atom. The molecule has 0 saturated carbocycles. The largest absolute Gasteiger partial charge is 0.497 e. The van der Waals surface area contributed by atoms with E-state index in [1.165, 1.54) is 0 Å². The van der Waals surface area contributed by atoms with Crippen LogP contribution in [0.5, 0.6) is 23.0 Å². The van der Waals surface area contributed by atoms with E-state index in [0.29, 0.717) is 48.4 Å². The Bertz CT molecular complexity index is 864. The third-order valence-electron chi connectivity index (χ3n) is 3.94. The molecule has 1 heterocycles. The lowest BCUT2D eigenvalue weighted by Gasteiger charge is -2.10. The highest BCUT2D eigenvalue weighted by molar-refractivity contribution is 5.97. The summed E-state index contributed by atoms with van der Waals surface area (Å²) >= 11 is 0. The number of ether oxygens (including phenoxy) is 4. The Labute approximate surface area is 153 Å². The second-order valence-corrected chi connectivity index (χ2v) is 5.58. The number of rotatable bonds is 8. The SMILES string of the molecule is CCOc1cc(OCC)c2c(OCC)c(-c3ccc(OC)cc3)oc2c1. The van der Waals surface area contributed by atoms with Gasteiger partial charge >= 0.3 is 0 Å². The Balaban J connectivity index is 2.21. The molecule has 0 aliphatic rings. The number of hydrogen-bond acceptors (Lipinski definition) is 5. The number of benzene rings is 2. The van der Waals surface area contributed by atoms with E-state index < -0.39 is 0 Å². The molecule has 0 N–H and O–H groups in total. The second kappa shape index (κ2) is 8.04. The van der Waals surface area contributed by atoms with Crippen LogP contribution in [0.25, 0.3) is 22.3 Å². The first-order valence-electron chi connectivity index (χ1n) is 8.85. The van der Waals surface area contributed by atoms with Gasteiger partial charge in [0, 0.05) is 17.7 Å². The normalized spacial score (nSPS) is 10.8. The smallest absolute Gasteiger partial charge is 0.177 e. The molecule has 0 aliphatic carbocycles. The topological polar surface area (TPSA) is 50.1 Å². The molecule has 5 heteroatoms. The van der Waals surface area contributed by atoms with Gasteiger partial charge in [-0.15, -0.1) is 0 Å². The zero-order valence-electron chi connectivity index (χ0n) is 15.6. The third-order valence-corrected chi connectivity index (χ3v) is 3.94. The van der Waals surface area contributed by atoms with Crippen molar-refractivity contribution in [3.05, 3.63) is 36.4 Å². The van der Waals surface area contributed by atoms with Crippen molar-refractivity contribution in [1.82, 2.24) is 0 Å². The van der Waals surface area contributed by atoms with Gasteiger partial charge in [0.15, 0.2) is 11.5 Å². The molecule has 0 aliphatic heterocycles. The van der Waals surface area contributed by atoms with Gasteiger partial charge in [0.25, 0.3) is 0 Å². The molecule has 0 unspecified atom stereocenters. The zero-order valence-corrected chi connectivity index (χ0v) is 15.6.